The third kappa shape index (κ3) is 3.49. The summed E-state index contributed by atoms with van der Waals surface area (Å²) in [6.07, 6.45) is 8.16. The second kappa shape index (κ2) is 7.07. The van der Waals surface area contributed by atoms with Crippen LogP contribution in [0.15, 0.2) is 49.1 Å². The molecule has 3 aromatic heterocycles. The molecule has 0 amide bonds. The predicted molar refractivity (Wildman–Crippen MR) is 97.1 cm³/mol. The molecule has 3 heterocycles. The molecule has 4 rings (SSSR count). The number of ether oxygens (including phenoxy) is 2. The van der Waals surface area contributed by atoms with Gasteiger partial charge in [0.2, 0.25) is 5.88 Å². The Bertz CT molecular complexity index is 884. The van der Waals surface area contributed by atoms with Gasteiger partial charge < -0.3 is 9.47 Å². The van der Waals surface area contributed by atoms with Crippen molar-refractivity contribution in [1.29, 1.82) is 0 Å². The van der Waals surface area contributed by atoms with Crippen LogP contribution in [-0.4, -0.2) is 33.7 Å². The number of hydrogen-bond acceptors (Lipinski definition) is 6. The van der Waals surface area contributed by atoms with E-state index in [-0.39, 0.29) is 0 Å². The van der Waals surface area contributed by atoms with E-state index in [0.29, 0.717) is 30.1 Å². The molecule has 0 aromatic carbocycles. The van der Waals surface area contributed by atoms with Crippen LogP contribution in [0.25, 0.3) is 11.1 Å². The fraction of sp³-hybridized carbons (Fsp3) is 0.300. The molecule has 0 N–H and O–H groups in total. The van der Waals surface area contributed by atoms with Crippen LogP contribution in [0.2, 0.25) is 0 Å². The van der Waals surface area contributed by atoms with Crippen LogP contribution < -0.4 is 9.47 Å². The number of aryl methyl sites for hydroxylation is 1. The van der Waals surface area contributed by atoms with Crippen LogP contribution in [-0.2, 0) is 0 Å². The van der Waals surface area contributed by atoms with Gasteiger partial charge in [0, 0.05) is 36.1 Å². The van der Waals surface area contributed by atoms with E-state index in [2.05, 4.69) is 19.9 Å². The van der Waals surface area contributed by atoms with Gasteiger partial charge in [-0.05, 0) is 43.2 Å². The van der Waals surface area contributed by atoms with Crippen LogP contribution in [0.1, 0.15) is 23.9 Å². The first-order chi connectivity index (χ1) is 12.7. The molecule has 6 nitrogen and oxygen atoms in total. The van der Waals surface area contributed by atoms with E-state index in [1.54, 1.807) is 25.7 Å². The molecule has 0 radical (unpaired) electrons. The van der Waals surface area contributed by atoms with E-state index >= 15 is 0 Å². The van der Waals surface area contributed by atoms with Crippen molar-refractivity contribution in [2.75, 3.05) is 13.7 Å². The van der Waals surface area contributed by atoms with Crippen LogP contribution in [0.4, 0.5) is 0 Å². The standard InChI is InChI=1S/C20H20N4O2/c1-13-22-11-18(14-5-7-21-8-6-14)20(24-13)26-12-15-9-17(15)19-4-3-16(25-2)10-23-19/h3-8,10-11,15,17H,9,12H2,1-2H3/t15-,17+/m1/s1. The Balaban J connectivity index is 1.45. The van der Waals surface area contributed by atoms with Crippen molar-refractivity contribution < 1.29 is 9.47 Å². The first kappa shape index (κ1) is 16.4. The van der Waals surface area contributed by atoms with Crippen molar-refractivity contribution in [3.8, 4) is 22.8 Å². The minimum absolute atomic E-state index is 0.438. The molecule has 0 spiro atoms. The summed E-state index contributed by atoms with van der Waals surface area (Å²) >= 11 is 0. The van der Waals surface area contributed by atoms with Gasteiger partial charge in [0.1, 0.15) is 11.6 Å². The van der Waals surface area contributed by atoms with Gasteiger partial charge >= 0.3 is 0 Å². The fourth-order valence-corrected chi connectivity index (χ4v) is 3.00. The van der Waals surface area contributed by atoms with Gasteiger partial charge in [-0.1, -0.05) is 0 Å². The van der Waals surface area contributed by atoms with Gasteiger partial charge in [0.05, 0.1) is 25.5 Å². The van der Waals surface area contributed by atoms with Crippen molar-refractivity contribution in [1.82, 2.24) is 19.9 Å². The average Bonchev–Trinajstić information content (AvgIpc) is 3.47. The summed E-state index contributed by atoms with van der Waals surface area (Å²) < 4.78 is 11.2. The zero-order valence-corrected chi connectivity index (χ0v) is 14.8. The Morgan fingerprint density at radius 3 is 2.65 bits per heavy atom. The van der Waals surface area contributed by atoms with Crippen molar-refractivity contribution in [2.24, 2.45) is 5.92 Å². The van der Waals surface area contributed by atoms with Gasteiger partial charge in [-0.2, -0.15) is 4.98 Å². The Morgan fingerprint density at radius 2 is 1.92 bits per heavy atom. The number of aromatic nitrogens is 4. The van der Waals surface area contributed by atoms with Crippen LogP contribution in [0, 0.1) is 12.8 Å². The van der Waals surface area contributed by atoms with Gasteiger partial charge in [0.25, 0.3) is 0 Å². The van der Waals surface area contributed by atoms with Crippen molar-refractivity contribution in [3.05, 3.63) is 60.6 Å². The minimum atomic E-state index is 0.438. The van der Waals surface area contributed by atoms with Gasteiger partial charge in [-0.3, -0.25) is 9.97 Å². The Kier molecular flexibility index (Phi) is 4.48. The Hall–Kier alpha value is -3.02. The summed E-state index contributed by atoms with van der Waals surface area (Å²) in [5.74, 6) is 2.99. The number of nitrogens with zero attached hydrogens (tertiary/aromatic N) is 4. The molecule has 1 aliphatic carbocycles. The zero-order valence-electron chi connectivity index (χ0n) is 14.8. The molecule has 3 aromatic rings. The summed E-state index contributed by atoms with van der Waals surface area (Å²) in [5.41, 5.74) is 2.98. The predicted octanol–water partition coefficient (Wildman–Crippen LogP) is 3.43. The number of hydrogen-bond donors (Lipinski definition) is 0. The Labute approximate surface area is 152 Å². The lowest BCUT2D eigenvalue weighted by Crippen LogP contribution is -2.05. The minimum Gasteiger partial charge on any atom is -0.495 e. The lowest BCUT2D eigenvalue weighted by atomic mass is 10.1. The highest BCUT2D eigenvalue weighted by Gasteiger charge is 2.40. The highest BCUT2D eigenvalue weighted by Crippen LogP contribution is 2.47. The molecule has 1 aliphatic rings. The van der Waals surface area contributed by atoms with E-state index in [1.807, 2.05) is 37.4 Å². The SMILES string of the molecule is COc1ccc([C@H]2C[C@@H]2COc2nc(C)ncc2-c2ccncc2)nc1. The molecular weight excluding hydrogens is 328 g/mol. The van der Waals surface area contributed by atoms with Gasteiger partial charge in [0.15, 0.2) is 0 Å². The molecule has 0 aliphatic heterocycles. The van der Waals surface area contributed by atoms with Crippen LogP contribution in [0.5, 0.6) is 11.6 Å². The average molecular weight is 348 g/mol. The van der Waals surface area contributed by atoms with E-state index in [4.69, 9.17) is 9.47 Å². The molecule has 0 saturated heterocycles. The summed E-state index contributed by atoms with van der Waals surface area (Å²) in [7, 11) is 1.65. The summed E-state index contributed by atoms with van der Waals surface area (Å²) in [6.45, 7) is 2.48. The van der Waals surface area contributed by atoms with Gasteiger partial charge in [-0.15, -0.1) is 0 Å². The third-order valence-electron chi connectivity index (χ3n) is 4.60. The maximum atomic E-state index is 6.07. The topological polar surface area (TPSA) is 70.0 Å². The monoisotopic (exact) mass is 348 g/mol. The first-order valence-electron chi connectivity index (χ1n) is 8.61. The van der Waals surface area contributed by atoms with Crippen LogP contribution in [0.3, 0.4) is 0 Å². The largest absolute Gasteiger partial charge is 0.495 e. The molecule has 0 bridgehead atoms. The fourth-order valence-electron chi connectivity index (χ4n) is 3.00. The number of methoxy groups -OCH3 is 1. The smallest absolute Gasteiger partial charge is 0.224 e. The van der Waals surface area contributed by atoms with E-state index < -0.39 is 0 Å². The normalized spacial score (nSPS) is 18.4. The molecule has 0 unspecified atom stereocenters. The maximum absolute atomic E-state index is 6.07. The lowest BCUT2D eigenvalue weighted by molar-refractivity contribution is 0.285. The molecule has 2 atom stereocenters. The second-order valence-corrected chi connectivity index (χ2v) is 6.41. The summed E-state index contributed by atoms with van der Waals surface area (Å²) in [5, 5.41) is 0. The second-order valence-electron chi connectivity index (χ2n) is 6.41. The molecular formula is C20H20N4O2. The molecule has 1 saturated carbocycles. The first-order valence-corrected chi connectivity index (χ1v) is 8.61. The third-order valence-corrected chi connectivity index (χ3v) is 4.60. The highest BCUT2D eigenvalue weighted by atomic mass is 16.5. The van der Waals surface area contributed by atoms with E-state index in [1.165, 1.54) is 0 Å². The highest BCUT2D eigenvalue weighted by molar-refractivity contribution is 5.67. The van der Waals surface area contributed by atoms with Gasteiger partial charge in [-0.25, -0.2) is 4.98 Å². The molecule has 1 fully saturated rings. The molecule has 26 heavy (non-hydrogen) atoms. The molecule has 132 valence electrons. The van der Waals surface area contributed by atoms with Crippen LogP contribution >= 0.6 is 0 Å². The van der Waals surface area contributed by atoms with E-state index in [9.17, 15) is 0 Å². The van der Waals surface area contributed by atoms with Crippen molar-refractivity contribution in [3.63, 3.8) is 0 Å². The van der Waals surface area contributed by atoms with Crippen molar-refractivity contribution in [2.45, 2.75) is 19.3 Å². The summed E-state index contributed by atoms with van der Waals surface area (Å²) in [4.78, 5) is 17.3. The molecule has 6 heteroatoms. The van der Waals surface area contributed by atoms with E-state index in [0.717, 1.165) is 29.0 Å². The van der Waals surface area contributed by atoms with Crippen molar-refractivity contribution >= 4 is 0 Å². The summed E-state index contributed by atoms with van der Waals surface area (Å²) in [6, 6.07) is 7.85. The zero-order chi connectivity index (χ0) is 17.9. The lowest BCUT2D eigenvalue weighted by Gasteiger charge is -2.11. The maximum Gasteiger partial charge on any atom is 0.224 e. The quantitative estimate of drug-likeness (QED) is 0.680. The Morgan fingerprint density at radius 1 is 1.08 bits per heavy atom. The number of pyridine rings is 2. The number of rotatable bonds is 6.